The molecule has 2 aliphatic rings. The average molecular weight is 441 g/mol. The highest BCUT2D eigenvalue weighted by Gasteiger charge is 2.37. The normalized spacial score (nSPS) is 18.8. The summed E-state index contributed by atoms with van der Waals surface area (Å²) in [6.07, 6.45) is 1.96. The molecule has 0 saturated carbocycles. The quantitative estimate of drug-likeness (QED) is 0.714. The van der Waals surface area contributed by atoms with Crippen molar-refractivity contribution in [2.45, 2.75) is 58.1 Å². The zero-order valence-electron chi connectivity index (χ0n) is 19.0. The number of hydrogen-bond acceptors (Lipinski definition) is 5. The molecule has 0 N–H and O–H groups in total. The Kier molecular flexibility index (Phi) is 5.99. The van der Waals surface area contributed by atoms with E-state index >= 15 is 0 Å². The number of halogens is 1. The summed E-state index contributed by atoms with van der Waals surface area (Å²) in [6.45, 7) is 6.88. The lowest BCUT2D eigenvalue weighted by molar-refractivity contribution is -0.152. The third-order valence-corrected chi connectivity index (χ3v) is 6.42. The third-order valence-electron chi connectivity index (χ3n) is 6.42. The van der Waals surface area contributed by atoms with E-state index in [4.69, 9.17) is 14.7 Å². The molecule has 8 heteroatoms. The van der Waals surface area contributed by atoms with E-state index in [9.17, 15) is 14.0 Å². The Labute approximate surface area is 187 Å². The molecule has 2 amide bonds. The first-order valence-corrected chi connectivity index (χ1v) is 11.0. The van der Waals surface area contributed by atoms with Gasteiger partial charge in [0.1, 0.15) is 23.1 Å². The summed E-state index contributed by atoms with van der Waals surface area (Å²) >= 11 is 0. The molecule has 1 aromatic heterocycles. The van der Waals surface area contributed by atoms with Gasteiger partial charge in [-0.2, -0.15) is 0 Å². The van der Waals surface area contributed by atoms with Gasteiger partial charge in [0.15, 0.2) is 0 Å². The highest BCUT2D eigenvalue weighted by molar-refractivity contribution is 6.00. The van der Waals surface area contributed by atoms with Gasteiger partial charge in [0.05, 0.1) is 13.0 Å². The first kappa shape index (κ1) is 22.3. The van der Waals surface area contributed by atoms with Gasteiger partial charge in [-0.15, -0.1) is 0 Å². The van der Waals surface area contributed by atoms with Crippen molar-refractivity contribution in [2.75, 3.05) is 25.1 Å². The number of carbonyl (C=O) groups is 2. The SMILES string of the molecule is COC(C)(C)C(=O)N1CCC[C@@H](c2nc(C)c3c(n2)N(Cc2cccc(F)c2)C(=O)C3)C1. The molecule has 2 aromatic rings. The van der Waals surface area contributed by atoms with Crippen LogP contribution < -0.4 is 4.90 Å². The van der Waals surface area contributed by atoms with Gasteiger partial charge in [-0.1, -0.05) is 12.1 Å². The van der Waals surface area contributed by atoms with Crippen LogP contribution in [0.5, 0.6) is 0 Å². The minimum absolute atomic E-state index is 0.0175. The molecule has 1 saturated heterocycles. The molecule has 0 unspecified atom stereocenters. The van der Waals surface area contributed by atoms with Gasteiger partial charge < -0.3 is 9.64 Å². The Morgan fingerprint density at radius 3 is 2.81 bits per heavy atom. The zero-order chi connectivity index (χ0) is 23.0. The fourth-order valence-corrected chi connectivity index (χ4v) is 4.40. The van der Waals surface area contributed by atoms with Crippen molar-refractivity contribution >= 4 is 17.6 Å². The van der Waals surface area contributed by atoms with Crippen LogP contribution in [0.3, 0.4) is 0 Å². The maximum absolute atomic E-state index is 13.6. The van der Waals surface area contributed by atoms with Crippen LogP contribution in [0, 0.1) is 12.7 Å². The molecule has 32 heavy (non-hydrogen) atoms. The number of anilines is 1. The summed E-state index contributed by atoms with van der Waals surface area (Å²) in [5, 5.41) is 0. The number of benzene rings is 1. The molecule has 2 aliphatic heterocycles. The van der Waals surface area contributed by atoms with Gasteiger partial charge in [-0.25, -0.2) is 14.4 Å². The van der Waals surface area contributed by atoms with E-state index in [1.165, 1.54) is 19.2 Å². The molecule has 0 bridgehead atoms. The monoisotopic (exact) mass is 440 g/mol. The second-order valence-electron chi connectivity index (χ2n) is 9.06. The predicted molar refractivity (Wildman–Crippen MR) is 118 cm³/mol. The Hall–Kier alpha value is -2.87. The van der Waals surface area contributed by atoms with Crippen LogP contribution in [-0.4, -0.2) is 52.5 Å². The number of aromatic nitrogens is 2. The number of hydrogen-bond donors (Lipinski definition) is 0. The van der Waals surface area contributed by atoms with E-state index < -0.39 is 5.60 Å². The fraction of sp³-hybridized carbons (Fsp3) is 0.500. The van der Waals surface area contributed by atoms with Gasteiger partial charge in [-0.05, 0) is 51.3 Å². The van der Waals surface area contributed by atoms with Gasteiger partial charge in [-0.3, -0.25) is 14.5 Å². The van der Waals surface area contributed by atoms with Crippen LogP contribution in [0.1, 0.15) is 55.3 Å². The predicted octanol–water partition coefficient (Wildman–Crippen LogP) is 3.14. The highest BCUT2D eigenvalue weighted by atomic mass is 19.1. The zero-order valence-corrected chi connectivity index (χ0v) is 19.0. The van der Waals surface area contributed by atoms with Gasteiger partial charge >= 0.3 is 0 Å². The lowest BCUT2D eigenvalue weighted by Gasteiger charge is -2.36. The first-order valence-electron chi connectivity index (χ1n) is 11.0. The number of carbonyl (C=O) groups excluding carboxylic acids is 2. The molecule has 0 radical (unpaired) electrons. The standard InChI is InChI=1S/C24H29FN4O3/c1-15-19-12-20(30)29(13-16-7-5-9-18(25)11-16)22(19)27-21(26-15)17-8-6-10-28(14-17)23(31)24(2,3)32-4/h5,7,9,11,17H,6,8,10,12-14H2,1-4H3/t17-/m1/s1. The molecule has 4 rings (SSSR count). The first-order chi connectivity index (χ1) is 15.2. The third kappa shape index (κ3) is 4.24. The molecule has 1 aromatic carbocycles. The molecule has 1 atom stereocenters. The number of piperidine rings is 1. The molecule has 0 aliphatic carbocycles. The number of ether oxygens (including phenoxy) is 1. The van der Waals surface area contributed by atoms with Crippen LogP contribution in [0.15, 0.2) is 24.3 Å². The minimum Gasteiger partial charge on any atom is -0.369 e. The summed E-state index contributed by atoms with van der Waals surface area (Å²) in [6, 6.07) is 6.25. The van der Waals surface area contributed by atoms with Crippen molar-refractivity contribution < 1.29 is 18.7 Å². The van der Waals surface area contributed by atoms with E-state index in [2.05, 4.69) is 0 Å². The van der Waals surface area contributed by atoms with Crippen LogP contribution in [-0.2, 0) is 27.3 Å². The molecule has 0 spiro atoms. The van der Waals surface area contributed by atoms with E-state index in [-0.39, 0.29) is 36.5 Å². The topological polar surface area (TPSA) is 75.6 Å². The van der Waals surface area contributed by atoms with E-state index in [1.807, 2.05) is 11.8 Å². The molecule has 3 heterocycles. The average Bonchev–Trinajstić information content (AvgIpc) is 3.09. The number of rotatable bonds is 5. The molecule has 1 fully saturated rings. The van der Waals surface area contributed by atoms with Gasteiger partial charge in [0.2, 0.25) is 5.91 Å². The number of fused-ring (bicyclic) bond motifs is 1. The van der Waals surface area contributed by atoms with Gasteiger partial charge in [0, 0.05) is 37.4 Å². The molecular formula is C24H29FN4O3. The Bertz CT molecular complexity index is 1060. The number of methoxy groups -OCH3 is 1. The van der Waals surface area contributed by atoms with Crippen molar-refractivity contribution in [1.29, 1.82) is 0 Å². The molecule has 170 valence electrons. The Balaban J connectivity index is 1.61. The van der Waals surface area contributed by atoms with Crippen molar-refractivity contribution in [1.82, 2.24) is 14.9 Å². The van der Waals surface area contributed by atoms with Gasteiger partial charge in [0.25, 0.3) is 5.91 Å². The summed E-state index contributed by atoms with van der Waals surface area (Å²) in [4.78, 5) is 38.6. The van der Waals surface area contributed by atoms with Crippen LogP contribution in [0.25, 0.3) is 0 Å². The highest BCUT2D eigenvalue weighted by Crippen LogP contribution is 2.34. The minimum atomic E-state index is -0.884. The lowest BCUT2D eigenvalue weighted by atomic mass is 9.95. The largest absolute Gasteiger partial charge is 0.369 e. The smallest absolute Gasteiger partial charge is 0.254 e. The molecule has 7 nitrogen and oxygen atoms in total. The summed E-state index contributed by atoms with van der Waals surface area (Å²) in [5.41, 5.74) is 1.42. The fourth-order valence-electron chi connectivity index (χ4n) is 4.40. The summed E-state index contributed by atoms with van der Waals surface area (Å²) in [7, 11) is 1.54. The number of likely N-dealkylation sites (tertiary alicyclic amines) is 1. The van der Waals surface area contributed by atoms with E-state index in [0.717, 1.165) is 24.1 Å². The van der Waals surface area contributed by atoms with Crippen molar-refractivity contribution in [3.63, 3.8) is 0 Å². The number of nitrogens with zero attached hydrogens (tertiary/aromatic N) is 4. The maximum Gasteiger partial charge on any atom is 0.254 e. The Morgan fingerprint density at radius 2 is 2.09 bits per heavy atom. The van der Waals surface area contributed by atoms with Crippen molar-refractivity contribution in [2.24, 2.45) is 0 Å². The van der Waals surface area contributed by atoms with Crippen LogP contribution in [0.2, 0.25) is 0 Å². The Morgan fingerprint density at radius 1 is 1.31 bits per heavy atom. The van der Waals surface area contributed by atoms with Crippen LogP contribution in [0.4, 0.5) is 10.2 Å². The maximum atomic E-state index is 13.6. The van der Waals surface area contributed by atoms with E-state index in [0.29, 0.717) is 30.3 Å². The summed E-state index contributed by atoms with van der Waals surface area (Å²) in [5.74, 6) is 0.776. The van der Waals surface area contributed by atoms with E-state index in [1.54, 1.807) is 30.9 Å². The second-order valence-corrected chi connectivity index (χ2v) is 9.06. The number of aryl methyl sites for hydroxylation is 1. The molecular weight excluding hydrogens is 411 g/mol. The number of amides is 2. The van der Waals surface area contributed by atoms with Crippen LogP contribution >= 0.6 is 0 Å². The second kappa shape index (κ2) is 8.58. The van der Waals surface area contributed by atoms with Crippen molar-refractivity contribution in [3.05, 3.63) is 52.7 Å². The lowest BCUT2D eigenvalue weighted by Crippen LogP contribution is -2.49. The van der Waals surface area contributed by atoms with Crippen molar-refractivity contribution in [3.8, 4) is 0 Å². The summed E-state index contributed by atoms with van der Waals surface area (Å²) < 4.78 is 19.0.